The van der Waals surface area contributed by atoms with E-state index in [9.17, 15) is 10.1 Å². The lowest BCUT2D eigenvalue weighted by molar-refractivity contribution is -0.385. The number of hydrogen-bond donors (Lipinski definition) is 2. The average Bonchev–Trinajstić information content (AvgIpc) is 2.14. The molecule has 0 fully saturated rings. The first kappa shape index (κ1) is 11.5. The van der Waals surface area contributed by atoms with Crippen molar-refractivity contribution in [2.24, 2.45) is 5.73 Å². The molecule has 0 radical (unpaired) electrons. The predicted octanol–water partition coefficient (Wildman–Crippen LogP) is 2.03. The smallest absolute Gasteiger partial charge is 0.272 e. The summed E-state index contributed by atoms with van der Waals surface area (Å²) in [6, 6.07) is 4.90. The molecule has 0 heterocycles. The number of nitrogens with zero attached hydrogens (tertiary/aromatic N) is 1. The lowest BCUT2D eigenvalue weighted by Crippen LogP contribution is -2.03. The highest BCUT2D eigenvalue weighted by Gasteiger charge is 2.09. The zero-order chi connectivity index (χ0) is 11.4. The van der Waals surface area contributed by atoms with E-state index in [1.165, 1.54) is 17.8 Å². The summed E-state index contributed by atoms with van der Waals surface area (Å²) >= 11 is 1.20. The van der Waals surface area contributed by atoms with Crippen LogP contribution in [0.2, 0.25) is 0 Å². The molecule has 0 saturated heterocycles. The van der Waals surface area contributed by atoms with Crippen LogP contribution in [0.5, 0.6) is 0 Å². The number of nitrogens with two attached hydrogens (primary N) is 1. The standard InChI is InChI=1S/C9H11N3O2S/c1-6-4-7(5-15-9(10)11)2-3-8(6)12(13)14/h2-4H,5H2,1H3,(H3,10,11). The SMILES string of the molecule is Cc1cc(CSC(=N)N)ccc1[N+](=O)[O-]. The van der Waals surface area contributed by atoms with Crippen LogP contribution in [0.25, 0.3) is 0 Å². The second-order valence-electron chi connectivity index (χ2n) is 3.03. The van der Waals surface area contributed by atoms with Gasteiger partial charge in [-0.1, -0.05) is 17.8 Å². The van der Waals surface area contributed by atoms with Gasteiger partial charge in [-0.05, 0) is 18.6 Å². The fourth-order valence-corrected chi connectivity index (χ4v) is 1.68. The van der Waals surface area contributed by atoms with Crippen LogP contribution in [-0.2, 0) is 5.75 Å². The van der Waals surface area contributed by atoms with Crippen LogP contribution < -0.4 is 5.73 Å². The molecular formula is C9H11N3O2S. The van der Waals surface area contributed by atoms with Gasteiger partial charge in [0.2, 0.25) is 0 Å². The van der Waals surface area contributed by atoms with Crippen LogP contribution in [0.3, 0.4) is 0 Å². The van der Waals surface area contributed by atoms with Gasteiger partial charge in [0, 0.05) is 17.4 Å². The Morgan fingerprint density at radius 2 is 2.33 bits per heavy atom. The van der Waals surface area contributed by atoms with Gasteiger partial charge in [-0.25, -0.2) is 0 Å². The van der Waals surface area contributed by atoms with Crippen molar-refractivity contribution in [2.75, 3.05) is 0 Å². The minimum atomic E-state index is -0.406. The van der Waals surface area contributed by atoms with E-state index in [2.05, 4.69) is 0 Å². The average molecular weight is 225 g/mol. The number of nitro groups is 1. The highest BCUT2D eigenvalue weighted by atomic mass is 32.2. The van der Waals surface area contributed by atoms with Crippen molar-refractivity contribution in [3.8, 4) is 0 Å². The number of rotatable bonds is 3. The Balaban J connectivity index is 2.82. The van der Waals surface area contributed by atoms with Crippen molar-refractivity contribution in [1.82, 2.24) is 0 Å². The number of benzene rings is 1. The third-order valence-corrected chi connectivity index (χ3v) is 2.64. The number of hydrogen-bond acceptors (Lipinski definition) is 4. The van der Waals surface area contributed by atoms with Crippen molar-refractivity contribution in [3.63, 3.8) is 0 Å². The first-order valence-corrected chi connectivity index (χ1v) is 5.20. The Morgan fingerprint density at radius 1 is 1.67 bits per heavy atom. The number of amidine groups is 1. The Kier molecular flexibility index (Phi) is 3.68. The van der Waals surface area contributed by atoms with Gasteiger partial charge < -0.3 is 5.73 Å². The van der Waals surface area contributed by atoms with Gasteiger partial charge in [0.1, 0.15) is 0 Å². The van der Waals surface area contributed by atoms with Gasteiger partial charge >= 0.3 is 0 Å². The molecule has 0 saturated carbocycles. The molecule has 5 nitrogen and oxygen atoms in total. The van der Waals surface area contributed by atoms with Gasteiger partial charge in [-0.15, -0.1) is 0 Å². The van der Waals surface area contributed by atoms with Crippen LogP contribution in [0.4, 0.5) is 5.69 Å². The van der Waals surface area contributed by atoms with E-state index in [-0.39, 0.29) is 10.9 Å². The molecule has 0 amide bonds. The van der Waals surface area contributed by atoms with Crippen molar-refractivity contribution >= 4 is 22.6 Å². The number of nitrogens with one attached hydrogen (secondary N) is 1. The molecule has 0 aliphatic heterocycles. The lowest BCUT2D eigenvalue weighted by atomic mass is 10.1. The fourth-order valence-electron chi connectivity index (χ4n) is 1.17. The molecule has 1 aromatic rings. The first-order valence-electron chi connectivity index (χ1n) is 4.21. The molecule has 1 aromatic carbocycles. The van der Waals surface area contributed by atoms with E-state index in [4.69, 9.17) is 11.1 Å². The summed E-state index contributed by atoms with van der Waals surface area (Å²) in [4.78, 5) is 10.1. The molecule has 6 heteroatoms. The monoisotopic (exact) mass is 225 g/mol. The largest absolute Gasteiger partial charge is 0.379 e. The molecule has 0 aliphatic carbocycles. The van der Waals surface area contributed by atoms with Gasteiger partial charge in [-0.3, -0.25) is 15.5 Å². The van der Waals surface area contributed by atoms with E-state index in [0.29, 0.717) is 11.3 Å². The third kappa shape index (κ3) is 3.25. The Hall–Kier alpha value is -1.56. The van der Waals surface area contributed by atoms with E-state index in [1.807, 2.05) is 0 Å². The Labute approximate surface area is 91.3 Å². The van der Waals surface area contributed by atoms with E-state index in [1.54, 1.807) is 19.1 Å². The van der Waals surface area contributed by atoms with Crippen LogP contribution in [0.15, 0.2) is 18.2 Å². The molecule has 80 valence electrons. The summed E-state index contributed by atoms with van der Waals surface area (Å²) in [6.07, 6.45) is 0. The van der Waals surface area contributed by atoms with Crippen molar-refractivity contribution < 1.29 is 4.92 Å². The molecule has 0 bridgehead atoms. The molecule has 1 rings (SSSR count). The van der Waals surface area contributed by atoms with Crippen molar-refractivity contribution in [3.05, 3.63) is 39.4 Å². The van der Waals surface area contributed by atoms with Crippen molar-refractivity contribution in [2.45, 2.75) is 12.7 Å². The molecule has 0 aromatic heterocycles. The molecule has 3 N–H and O–H groups in total. The topological polar surface area (TPSA) is 93.0 Å². The summed E-state index contributed by atoms with van der Waals surface area (Å²) in [5.41, 5.74) is 6.87. The maximum atomic E-state index is 10.5. The summed E-state index contributed by atoms with van der Waals surface area (Å²) in [6.45, 7) is 1.69. The first-order chi connectivity index (χ1) is 7.00. The van der Waals surface area contributed by atoms with Gasteiger partial charge in [0.15, 0.2) is 5.17 Å². The minimum absolute atomic E-state index is 0.0472. The number of aryl methyl sites for hydroxylation is 1. The van der Waals surface area contributed by atoms with E-state index in [0.717, 1.165) is 5.56 Å². The zero-order valence-corrected chi connectivity index (χ0v) is 9.00. The fraction of sp³-hybridized carbons (Fsp3) is 0.222. The van der Waals surface area contributed by atoms with Crippen LogP contribution in [-0.4, -0.2) is 10.1 Å². The van der Waals surface area contributed by atoms with Crippen LogP contribution in [0, 0.1) is 22.4 Å². The Bertz CT molecular complexity index is 406. The second kappa shape index (κ2) is 4.79. The van der Waals surface area contributed by atoms with E-state index < -0.39 is 4.92 Å². The normalized spacial score (nSPS) is 9.93. The highest BCUT2D eigenvalue weighted by molar-refractivity contribution is 8.13. The van der Waals surface area contributed by atoms with Gasteiger partial charge in [0.25, 0.3) is 5.69 Å². The Morgan fingerprint density at radius 3 is 2.80 bits per heavy atom. The van der Waals surface area contributed by atoms with Gasteiger partial charge in [-0.2, -0.15) is 0 Å². The van der Waals surface area contributed by atoms with Crippen LogP contribution >= 0.6 is 11.8 Å². The summed E-state index contributed by atoms with van der Waals surface area (Å²) in [7, 11) is 0. The maximum Gasteiger partial charge on any atom is 0.272 e. The molecule has 0 spiro atoms. The summed E-state index contributed by atoms with van der Waals surface area (Å²) < 4.78 is 0. The molecule has 0 aliphatic rings. The van der Waals surface area contributed by atoms with Crippen molar-refractivity contribution in [1.29, 1.82) is 5.41 Å². The summed E-state index contributed by atoms with van der Waals surface area (Å²) in [5.74, 6) is 0.564. The quantitative estimate of drug-likeness (QED) is 0.356. The molecule has 0 unspecified atom stereocenters. The van der Waals surface area contributed by atoms with Crippen LogP contribution in [0.1, 0.15) is 11.1 Å². The predicted molar refractivity (Wildman–Crippen MR) is 61.0 cm³/mol. The maximum absolute atomic E-state index is 10.5. The minimum Gasteiger partial charge on any atom is -0.379 e. The third-order valence-electron chi connectivity index (χ3n) is 1.85. The zero-order valence-electron chi connectivity index (χ0n) is 8.19. The number of thioether (sulfide) groups is 1. The molecule has 0 atom stereocenters. The molecule has 15 heavy (non-hydrogen) atoms. The molecular weight excluding hydrogens is 214 g/mol. The van der Waals surface area contributed by atoms with E-state index >= 15 is 0 Å². The summed E-state index contributed by atoms with van der Waals surface area (Å²) in [5, 5.41) is 17.6. The highest BCUT2D eigenvalue weighted by Crippen LogP contribution is 2.21. The second-order valence-corrected chi connectivity index (χ2v) is 4.05. The number of nitro benzene ring substituents is 1. The van der Waals surface area contributed by atoms with Gasteiger partial charge in [0.05, 0.1) is 4.92 Å². The lowest BCUT2D eigenvalue weighted by Gasteiger charge is -2.02.